The van der Waals surface area contributed by atoms with Crippen LogP contribution in [0, 0.1) is 28.6 Å². The van der Waals surface area contributed by atoms with Gasteiger partial charge in [-0.2, -0.15) is 0 Å². The van der Waals surface area contributed by atoms with E-state index in [2.05, 4.69) is 33.8 Å². The standard InChI is InChI=1S/C41H70O4/c1-5-7-9-11-13-15-17-19-21-38(42)44-33-27-29-40(3)32(31-33)23-24-34-35-25-26-37(41(35,4)30-28-36(34)40)45-39(43)22-20-18-16-14-12-10-8-6-2/h31,33-37H,5-30H2,1-4H3/t33-,34-,35-,36-,37-,40-,41-/m0/s1. The summed E-state index contributed by atoms with van der Waals surface area (Å²) in [5.74, 6) is 2.14. The number of carbonyl (C=O) groups is 2. The van der Waals surface area contributed by atoms with Crippen molar-refractivity contribution in [2.24, 2.45) is 28.6 Å². The molecule has 0 spiro atoms. The number of allylic oxidation sites excluding steroid dienone is 1. The van der Waals surface area contributed by atoms with E-state index in [0.29, 0.717) is 24.7 Å². The van der Waals surface area contributed by atoms with Crippen LogP contribution in [0.15, 0.2) is 11.6 Å². The average Bonchev–Trinajstić information content (AvgIpc) is 3.35. The van der Waals surface area contributed by atoms with Crippen molar-refractivity contribution in [3.05, 3.63) is 11.6 Å². The molecule has 4 rings (SSSR count). The quantitative estimate of drug-likeness (QED) is 0.0766. The zero-order valence-electron chi connectivity index (χ0n) is 30.0. The van der Waals surface area contributed by atoms with E-state index in [1.807, 2.05) is 0 Å². The molecule has 4 aliphatic carbocycles. The molecule has 3 saturated carbocycles. The van der Waals surface area contributed by atoms with Crippen LogP contribution in [0.1, 0.15) is 195 Å². The first-order valence-electron chi connectivity index (χ1n) is 19.9. The first-order valence-corrected chi connectivity index (χ1v) is 19.9. The fourth-order valence-electron chi connectivity index (χ4n) is 10.2. The maximum atomic E-state index is 12.9. The molecule has 0 heterocycles. The number of rotatable bonds is 20. The van der Waals surface area contributed by atoms with E-state index in [1.54, 1.807) is 5.57 Å². The van der Waals surface area contributed by atoms with Gasteiger partial charge in [0.1, 0.15) is 12.2 Å². The smallest absolute Gasteiger partial charge is 0.306 e. The van der Waals surface area contributed by atoms with Gasteiger partial charge in [-0.3, -0.25) is 9.59 Å². The minimum absolute atomic E-state index is 0.00232. The second kappa shape index (κ2) is 18.3. The third-order valence-electron chi connectivity index (χ3n) is 13.0. The summed E-state index contributed by atoms with van der Waals surface area (Å²) in [6, 6.07) is 0. The van der Waals surface area contributed by atoms with E-state index in [1.165, 1.54) is 103 Å². The molecule has 0 amide bonds. The van der Waals surface area contributed by atoms with Gasteiger partial charge in [0.15, 0.2) is 0 Å². The molecule has 258 valence electrons. The van der Waals surface area contributed by atoms with E-state index in [0.717, 1.165) is 57.3 Å². The van der Waals surface area contributed by atoms with Crippen molar-refractivity contribution in [1.29, 1.82) is 0 Å². The molecule has 3 fully saturated rings. The summed E-state index contributed by atoms with van der Waals surface area (Å²) in [6.45, 7) is 9.49. The minimum Gasteiger partial charge on any atom is -0.462 e. The summed E-state index contributed by atoms with van der Waals surface area (Å²) in [5, 5.41) is 0. The molecular weight excluding hydrogens is 556 g/mol. The predicted molar refractivity (Wildman–Crippen MR) is 186 cm³/mol. The SMILES string of the molecule is CCCCCCCCCCC(=O)O[C@@H]1C=C2CC[C@H]3[C@@H]4CC[C@H](OC(=O)CCCCCCCCCC)[C@@]4(C)CC[C@@H]3[C@@]2(C)CC1. The van der Waals surface area contributed by atoms with E-state index in [-0.39, 0.29) is 35.0 Å². The highest BCUT2D eigenvalue weighted by molar-refractivity contribution is 5.70. The molecular formula is C41H70O4. The molecule has 0 bridgehead atoms. The second-order valence-electron chi connectivity index (χ2n) is 16.1. The zero-order valence-corrected chi connectivity index (χ0v) is 30.0. The molecule has 45 heavy (non-hydrogen) atoms. The van der Waals surface area contributed by atoms with E-state index < -0.39 is 0 Å². The van der Waals surface area contributed by atoms with Gasteiger partial charge in [-0.15, -0.1) is 0 Å². The van der Waals surface area contributed by atoms with Crippen molar-refractivity contribution in [2.45, 2.75) is 207 Å². The predicted octanol–water partition coefficient (Wildman–Crippen LogP) is 11.8. The molecule has 0 aromatic heterocycles. The third-order valence-corrected chi connectivity index (χ3v) is 13.0. The van der Waals surface area contributed by atoms with Gasteiger partial charge >= 0.3 is 11.9 Å². The van der Waals surface area contributed by atoms with Crippen LogP contribution in [0.5, 0.6) is 0 Å². The lowest BCUT2D eigenvalue weighted by Crippen LogP contribution is -2.52. The van der Waals surface area contributed by atoms with Gasteiger partial charge in [-0.05, 0) is 93.5 Å². The summed E-state index contributed by atoms with van der Waals surface area (Å²) in [6.07, 6.45) is 32.8. The van der Waals surface area contributed by atoms with Crippen molar-refractivity contribution < 1.29 is 19.1 Å². The molecule has 0 N–H and O–H groups in total. The highest BCUT2D eigenvalue weighted by Crippen LogP contribution is 2.65. The van der Waals surface area contributed by atoms with Crippen LogP contribution in [0.3, 0.4) is 0 Å². The Hall–Kier alpha value is -1.32. The van der Waals surface area contributed by atoms with Crippen LogP contribution in [0.4, 0.5) is 0 Å². The Morgan fingerprint density at radius 1 is 0.644 bits per heavy atom. The van der Waals surface area contributed by atoms with Gasteiger partial charge in [0.05, 0.1) is 0 Å². The van der Waals surface area contributed by atoms with Crippen molar-refractivity contribution in [2.75, 3.05) is 0 Å². The van der Waals surface area contributed by atoms with E-state index >= 15 is 0 Å². The first-order chi connectivity index (χ1) is 21.8. The number of hydrogen-bond acceptors (Lipinski definition) is 4. The van der Waals surface area contributed by atoms with Crippen LogP contribution in [0.2, 0.25) is 0 Å². The maximum Gasteiger partial charge on any atom is 0.306 e. The van der Waals surface area contributed by atoms with Gasteiger partial charge in [0.25, 0.3) is 0 Å². The number of esters is 2. The summed E-state index contributed by atoms with van der Waals surface area (Å²) in [7, 11) is 0. The van der Waals surface area contributed by atoms with Crippen molar-refractivity contribution in [3.63, 3.8) is 0 Å². The summed E-state index contributed by atoms with van der Waals surface area (Å²) < 4.78 is 12.3. The summed E-state index contributed by atoms with van der Waals surface area (Å²) in [4.78, 5) is 25.5. The van der Waals surface area contributed by atoms with Crippen molar-refractivity contribution >= 4 is 11.9 Å². The first kappa shape index (κ1) is 36.5. The Kier molecular flexibility index (Phi) is 14.8. The number of unbranched alkanes of at least 4 members (excludes halogenated alkanes) is 14. The molecule has 7 atom stereocenters. The van der Waals surface area contributed by atoms with Gasteiger partial charge in [0.2, 0.25) is 0 Å². The lowest BCUT2D eigenvalue weighted by atomic mass is 9.47. The molecule has 0 unspecified atom stereocenters. The van der Waals surface area contributed by atoms with Gasteiger partial charge < -0.3 is 9.47 Å². The normalized spacial score (nSPS) is 32.3. The van der Waals surface area contributed by atoms with Crippen LogP contribution < -0.4 is 0 Å². The van der Waals surface area contributed by atoms with Crippen LogP contribution in [-0.4, -0.2) is 24.1 Å². The Balaban J connectivity index is 1.20. The zero-order chi connectivity index (χ0) is 32.1. The highest BCUT2D eigenvalue weighted by atomic mass is 16.5. The van der Waals surface area contributed by atoms with Crippen molar-refractivity contribution in [1.82, 2.24) is 0 Å². The Morgan fingerprint density at radius 3 is 1.80 bits per heavy atom. The molecule has 0 radical (unpaired) electrons. The molecule has 0 aromatic carbocycles. The molecule has 0 saturated heterocycles. The Labute approximate surface area is 277 Å². The van der Waals surface area contributed by atoms with Gasteiger partial charge in [0, 0.05) is 18.3 Å². The van der Waals surface area contributed by atoms with Crippen molar-refractivity contribution in [3.8, 4) is 0 Å². The lowest BCUT2D eigenvalue weighted by Gasteiger charge is -2.58. The summed E-state index contributed by atoms with van der Waals surface area (Å²) in [5.41, 5.74) is 1.93. The monoisotopic (exact) mass is 627 g/mol. The van der Waals surface area contributed by atoms with E-state index in [9.17, 15) is 9.59 Å². The van der Waals surface area contributed by atoms with E-state index in [4.69, 9.17) is 9.47 Å². The maximum absolute atomic E-state index is 12.9. The molecule has 4 aliphatic rings. The largest absolute Gasteiger partial charge is 0.462 e. The fourth-order valence-corrected chi connectivity index (χ4v) is 10.2. The molecule has 4 heteroatoms. The molecule has 4 nitrogen and oxygen atoms in total. The number of fused-ring (bicyclic) bond motifs is 5. The van der Waals surface area contributed by atoms with Crippen LogP contribution >= 0.6 is 0 Å². The van der Waals surface area contributed by atoms with Crippen LogP contribution in [0.25, 0.3) is 0 Å². The van der Waals surface area contributed by atoms with Crippen LogP contribution in [-0.2, 0) is 19.1 Å². The fraction of sp³-hybridized carbons (Fsp3) is 0.902. The minimum atomic E-state index is -0.0312. The highest BCUT2D eigenvalue weighted by Gasteiger charge is 2.60. The number of hydrogen-bond donors (Lipinski definition) is 0. The Morgan fingerprint density at radius 2 is 1.20 bits per heavy atom. The van der Waals surface area contributed by atoms with Gasteiger partial charge in [-0.1, -0.05) is 123 Å². The summed E-state index contributed by atoms with van der Waals surface area (Å²) >= 11 is 0. The Bertz CT molecular complexity index is 940. The average molecular weight is 627 g/mol. The lowest BCUT2D eigenvalue weighted by molar-refractivity contribution is -0.160. The number of carbonyl (C=O) groups excluding carboxylic acids is 2. The number of ether oxygens (including phenoxy) is 2. The molecule has 0 aliphatic heterocycles. The van der Waals surface area contributed by atoms with Gasteiger partial charge in [-0.25, -0.2) is 0 Å². The molecule has 0 aromatic rings. The second-order valence-corrected chi connectivity index (χ2v) is 16.1. The topological polar surface area (TPSA) is 52.6 Å². The third kappa shape index (κ3) is 9.85.